The van der Waals surface area contributed by atoms with Crippen LogP contribution < -0.4 is 9.64 Å². The van der Waals surface area contributed by atoms with Crippen molar-refractivity contribution in [1.82, 2.24) is 0 Å². The molecule has 6 nitrogen and oxygen atoms in total. The number of fused-ring (bicyclic) bond motifs is 2. The summed E-state index contributed by atoms with van der Waals surface area (Å²) in [5, 5.41) is 20.8. The van der Waals surface area contributed by atoms with Crippen molar-refractivity contribution in [3.8, 4) is 5.75 Å². The summed E-state index contributed by atoms with van der Waals surface area (Å²) in [5.74, 6) is 0.608. The molecule has 26 heavy (non-hydrogen) atoms. The van der Waals surface area contributed by atoms with E-state index < -0.39 is 16.1 Å². The van der Waals surface area contributed by atoms with Gasteiger partial charge in [-0.2, -0.15) is 0 Å². The number of nitro groups is 1. The smallest absolute Gasteiger partial charge is 0.270 e. The van der Waals surface area contributed by atoms with E-state index in [1.165, 1.54) is 12.1 Å². The zero-order chi connectivity index (χ0) is 18.7. The van der Waals surface area contributed by atoms with Gasteiger partial charge in [0.15, 0.2) is 0 Å². The van der Waals surface area contributed by atoms with Crippen LogP contribution in [0.25, 0.3) is 6.08 Å². The summed E-state index contributed by atoms with van der Waals surface area (Å²) in [6.07, 6.45) is 3.84. The molecular weight excluding hydrogens is 332 g/mol. The summed E-state index contributed by atoms with van der Waals surface area (Å²) >= 11 is 0. The minimum Gasteiger partial charge on any atom is -0.463 e. The maximum atomic E-state index is 11.0. The fourth-order valence-corrected chi connectivity index (χ4v) is 4.29. The lowest BCUT2D eigenvalue weighted by atomic mass is 9.74. The largest absolute Gasteiger partial charge is 0.463 e. The van der Waals surface area contributed by atoms with Crippen LogP contribution in [0.4, 0.5) is 11.4 Å². The van der Waals surface area contributed by atoms with Crippen molar-refractivity contribution in [2.45, 2.75) is 31.6 Å². The molecule has 0 aliphatic carbocycles. The zero-order valence-electron chi connectivity index (χ0n) is 14.9. The van der Waals surface area contributed by atoms with E-state index in [9.17, 15) is 15.2 Å². The number of likely N-dealkylation sites (N-methyl/N-ethyl adjacent to an activating group) is 1. The fourth-order valence-electron chi connectivity index (χ4n) is 4.29. The van der Waals surface area contributed by atoms with E-state index in [-0.39, 0.29) is 12.3 Å². The van der Waals surface area contributed by atoms with Gasteiger partial charge in [0.25, 0.3) is 5.69 Å². The Hall–Kier alpha value is -2.86. The number of aliphatic hydroxyl groups is 1. The van der Waals surface area contributed by atoms with Crippen molar-refractivity contribution in [2.75, 3.05) is 11.9 Å². The number of benzene rings is 2. The first-order valence-electron chi connectivity index (χ1n) is 8.45. The molecule has 0 aromatic heterocycles. The van der Waals surface area contributed by atoms with Crippen molar-refractivity contribution in [3.05, 3.63) is 69.3 Å². The molecule has 6 heteroatoms. The van der Waals surface area contributed by atoms with E-state index in [1.54, 1.807) is 6.07 Å². The number of aliphatic hydroxyl groups excluding tert-OH is 1. The summed E-state index contributed by atoms with van der Waals surface area (Å²) < 4.78 is 6.46. The van der Waals surface area contributed by atoms with Crippen LogP contribution in [-0.2, 0) is 12.0 Å². The summed E-state index contributed by atoms with van der Waals surface area (Å²) in [4.78, 5) is 12.7. The Bertz CT molecular complexity index is 951. The predicted molar refractivity (Wildman–Crippen MR) is 99.3 cm³/mol. The third-order valence-corrected chi connectivity index (χ3v) is 5.64. The molecule has 0 fully saturated rings. The van der Waals surface area contributed by atoms with Crippen molar-refractivity contribution in [3.63, 3.8) is 0 Å². The lowest BCUT2D eigenvalue weighted by molar-refractivity contribution is -0.384. The average molecular weight is 352 g/mol. The van der Waals surface area contributed by atoms with Gasteiger partial charge in [-0.15, -0.1) is 0 Å². The average Bonchev–Trinajstić information content (AvgIpc) is 2.80. The predicted octanol–water partition coefficient (Wildman–Crippen LogP) is 3.62. The first-order chi connectivity index (χ1) is 12.3. The molecule has 0 bridgehead atoms. The van der Waals surface area contributed by atoms with Gasteiger partial charge in [-0.1, -0.05) is 12.1 Å². The minimum absolute atomic E-state index is 0.0387. The molecule has 0 saturated heterocycles. The van der Waals surface area contributed by atoms with Crippen LogP contribution in [0.2, 0.25) is 0 Å². The highest BCUT2D eigenvalue weighted by atomic mass is 16.6. The second-order valence-electron chi connectivity index (χ2n) is 7.26. The highest BCUT2D eigenvalue weighted by Crippen LogP contribution is 2.55. The van der Waals surface area contributed by atoms with Gasteiger partial charge in [0.2, 0.25) is 5.72 Å². The Morgan fingerprint density at radius 1 is 1.27 bits per heavy atom. The minimum atomic E-state index is -0.774. The van der Waals surface area contributed by atoms with E-state index in [2.05, 4.69) is 18.7 Å². The zero-order valence-corrected chi connectivity index (χ0v) is 14.9. The Kier molecular flexibility index (Phi) is 3.39. The highest BCUT2D eigenvalue weighted by molar-refractivity contribution is 5.74. The number of nitro benzene ring substituents is 1. The molecule has 2 heterocycles. The molecule has 2 aromatic carbocycles. The molecule has 1 unspecified atom stereocenters. The second-order valence-corrected chi connectivity index (χ2v) is 7.26. The van der Waals surface area contributed by atoms with Gasteiger partial charge >= 0.3 is 0 Å². The molecule has 1 spiro atoms. The Morgan fingerprint density at radius 2 is 2.04 bits per heavy atom. The molecule has 1 atom stereocenters. The molecule has 2 aliphatic heterocycles. The first-order valence-corrected chi connectivity index (χ1v) is 8.45. The SMILES string of the molecule is CN1c2cccc(CO)c2C(C)(C)C12C=Cc1cc([N+](=O)[O-])ccc1O2. The van der Waals surface area contributed by atoms with Gasteiger partial charge < -0.3 is 14.7 Å². The topological polar surface area (TPSA) is 75.8 Å². The Labute approximate surface area is 151 Å². The van der Waals surface area contributed by atoms with E-state index >= 15 is 0 Å². The molecule has 0 amide bonds. The van der Waals surface area contributed by atoms with Gasteiger partial charge in [-0.05, 0) is 49.3 Å². The van der Waals surface area contributed by atoms with Crippen LogP contribution >= 0.6 is 0 Å². The maximum Gasteiger partial charge on any atom is 0.270 e. The van der Waals surface area contributed by atoms with Crippen LogP contribution in [0.5, 0.6) is 5.75 Å². The summed E-state index contributed by atoms with van der Waals surface area (Å²) in [7, 11) is 1.97. The van der Waals surface area contributed by atoms with Crippen LogP contribution in [0, 0.1) is 10.1 Å². The van der Waals surface area contributed by atoms with Crippen molar-refractivity contribution >= 4 is 17.5 Å². The maximum absolute atomic E-state index is 11.0. The highest BCUT2D eigenvalue weighted by Gasteiger charge is 2.58. The number of hydrogen-bond acceptors (Lipinski definition) is 5. The molecule has 0 radical (unpaired) electrons. The molecule has 1 N–H and O–H groups in total. The molecule has 2 aliphatic rings. The standard InChI is InChI=1S/C20H20N2O4/c1-19(2)18-14(12-23)5-4-6-16(18)21(3)20(19)10-9-13-11-15(22(24)25)7-8-17(13)26-20/h4-11,23H,12H2,1-3H3. The number of hydrogen-bond donors (Lipinski definition) is 1. The lowest BCUT2D eigenvalue weighted by Crippen LogP contribution is -2.58. The normalized spacial score (nSPS) is 22.1. The van der Waals surface area contributed by atoms with Crippen LogP contribution in [0.1, 0.15) is 30.5 Å². The molecule has 2 aromatic rings. The summed E-state index contributed by atoms with van der Waals surface area (Å²) in [5.41, 5.74) is 2.46. The van der Waals surface area contributed by atoms with E-state index in [1.807, 2.05) is 37.4 Å². The number of anilines is 1. The van der Waals surface area contributed by atoms with Crippen LogP contribution in [0.3, 0.4) is 0 Å². The lowest BCUT2D eigenvalue weighted by Gasteiger charge is -2.45. The monoisotopic (exact) mass is 352 g/mol. The van der Waals surface area contributed by atoms with Crippen molar-refractivity contribution < 1.29 is 14.8 Å². The number of nitrogens with zero attached hydrogens (tertiary/aromatic N) is 2. The molecule has 4 rings (SSSR count). The van der Waals surface area contributed by atoms with Crippen molar-refractivity contribution in [2.24, 2.45) is 0 Å². The third kappa shape index (κ3) is 1.96. The third-order valence-electron chi connectivity index (χ3n) is 5.64. The van der Waals surface area contributed by atoms with Gasteiger partial charge in [-0.3, -0.25) is 10.1 Å². The van der Waals surface area contributed by atoms with Crippen LogP contribution in [-0.4, -0.2) is 22.8 Å². The quantitative estimate of drug-likeness (QED) is 0.660. The van der Waals surface area contributed by atoms with Crippen molar-refractivity contribution in [1.29, 1.82) is 0 Å². The Balaban J connectivity index is 1.86. The number of ether oxygens (including phenoxy) is 1. The number of non-ortho nitro benzene ring substituents is 1. The Morgan fingerprint density at radius 3 is 2.73 bits per heavy atom. The van der Waals surface area contributed by atoms with Gasteiger partial charge in [0.1, 0.15) is 5.75 Å². The van der Waals surface area contributed by atoms with Crippen LogP contribution in [0.15, 0.2) is 42.5 Å². The summed E-state index contributed by atoms with van der Waals surface area (Å²) in [6, 6.07) is 10.5. The van der Waals surface area contributed by atoms with Gasteiger partial charge in [0, 0.05) is 30.4 Å². The fraction of sp³-hybridized carbons (Fsp3) is 0.300. The molecule has 0 saturated carbocycles. The molecular formula is C20H20N2O4. The first kappa shape index (κ1) is 16.6. The number of rotatable bonds is 2. The van der Waals surface area contributed by atoms with E-state index in [0.717, 1.165) is 16.8 Å². The summed E-state index contributed by atoms with van der Waals surface area (Å²) in [6.45, 7) is 4.15. The van der Waals surface area contributed by atoms with E-state index in [0.29, 0.717) is 11.3 Å². The van der Waals surface area contributed by atoms with Gasteiger partial charge in [0.05, 0.1) is 16.9 Å². The van der Waals surface area contributed by atoms with Gasteiger partial charge in [-0.25, -0.2) is 0 Å². The van der Waals surface area contributed by atoms with E-state index in [4.69, 9.17) is 4.74 Å². The second kappa shape index (κ2) is 5.32. The molecule has 134 valence electrons.